The zero-order chi connectivity index (χ0) is 13.2. The van der Waals surface area contributed by atoms with E-state index in [4.69, 9.17) is 18.0 Å². The summed E-state index contributed by atoms with van der Waals surface area (Å²) in [5.74, 6) is 0. The normalized spacial score (nSPS) is 11.1. The minimum atomic E-state index is -0.206. The molecule has 0 fully saturated rings. The van der Waals surface area contributed by atoms with Crippen molar-refractivity contribution in [2.75, 3.05) is 10.6 Å². The highest BCUT2D eigenvalue weighted by Gasteiger charge is 2.29. The molecule has 0 aliphatic heterocycles. The number of nitrogens with zero attached hydrogens (tertiary/aromatic N) is 1. The summed E-state index contributed by atoms with van der Waals surface area (Å²) in [6, 6.07) is 7.73. The average Bonchev–Trinajstić information content (AvgIpc) is 2.20. The molecule has 17 heavy (non-hydrogen) atoms. The first-order chi connectivity index (χ1) is 7.76. The second-order valence-corrected chi connectivity index (χ2v) is 5.38. The third-order valence-electron chi connectivity index (χ3n) is 3.07. The SMILES string of the molecule is C=C(C)C(C)(C)N(C(C)=S)c1ccc(N)cc1. The van der Waals surface area contributed by atoms with Gasteiger partial charge in [-0.2, -0.15) is 0 Å². The Morgan fingerprint density at radius 3 is 2.06 bits per heavy atom. The van der Waals surface area contributed by atoms with Crippen LogP contribution in [0.25, 0.3) is 0 Å². The van der Waals surface area contributed by atoms with E-state index < -0.39 is 0 Å². The summed E-state index contributed by atoms with van der Waals surface area (Å²) in [5.41, 5.74) is 8.36. The number of hydrogen-bond donors (Lipinski definition) is 1. The van der Waals surface area contributed by atoms with E-state index in [1.54, 1.807) is 0 Å². The zero-order valence-corrected chi connectivity index (χ0v) is 11.8. The van der Waals surface area contributed by atoms with Crippen molar-refractivity contribution in [1.82, 2.24) is 0 Å². The van der Waals surface area contributed by atoms with E-state index in [0.717, 1.165) is 21.9 Å². The molecule has 1 aromatic rings. The van der Waals surface area contributed by atoms with Crippen LogP contribution >= 0.6 is 12.2 Å². The summed E-state index contributed by atoms with van der Waals surface area (Å²) < 4.78 is 0. The van der Waals surface area contributed by atoms with Crippen LogP contribution in [0.15, 0.2) is 36.4 Å². The van der Waals surface area contributed by atoms with Crippen LogP contribution in [-0.4, -0.2) is 10.5 Å². The number of hydrogen-bond acceptors (Lipinski definition) is 2. The van der Waals surface area contributed by atoms with Gasteiger partial charge in [0.15, 0.2) is 0 Å². The van der Waals surface area contributed by atoms with Gasteiger partial charge in [-0.05, 0) is 52.0 Å². The Kier molecular flexibility index (Phi) is 3.94. The van der Waals surface area contributed by atoms with Crippen molar-refractivity contribution in [3.05, 3.63) is 36.4 Å². The summed E-state index contributed by atoms with van der Waals surface area (Å²) in [4.78, 5) is 2.92. The Bertz CT molecular complexity index is 432. The van der Waals surface area contributed by atoms with Crippen LogP contribution in [0.3, 0.4) is 0 Å². The fourth-order valence-electron chi connectivity index (χ4n) is 1.71. The molecule has 0 heterocycles. The van der Waals surface area contributed by atoms with Crippen LogP contribution in [0.2, 0.25) is 0 Å². The molecule has 2 N–H and O–H groups in total. The van der Waals surface area contributed by atoms with Gasteiger partial charge in [0.05, 0.1) is 10.5 Å². The lowest BCUT2D eigenvalue weighted by Gasteiger charge is -2.40. The lowest BCUT2D eigenvalue weighted by molar-refractivity contribution is 0.605. The smallest absolute Gasteiger partial charge is 0.0799 e. The summed E-state index contributed by atoms with van der Waals surface area (Å²) in [6.45, 7) is 12.2. The molecule has 0 amide bonds. The number of nitrogen functional groups attached to an aromatic ring is 1. The van der Waals surface area contributed by atoms with Gasteiger partial charge in [0.1, 0.15) is 0 Å². The molecule has 0 aliphatic carbocycles. The molecule has 1 aromatic carbocycles. The molecule has 0 aliphatic rings. The van der Waals surface area contributed by atoms with Crippen molar-refractivity contribution in [1.29, 1.82) is 0 Å². The summed E-state index contributed by atoms with van der Waals surface area (Å²) in [6.07, 6.45) is 0. The number of benzene rings is 1. The molecule has 2 nitrogen and oxygen atoms in total. The third kappa shape index (κ3) is 2.86. The summed E-state index contributed by atoms with van der Waals surface area (Å²) in [5, 5.41) is 0. The molecule has 0 aromatic heterocycles. The van der Waals surface area contributed by atoms with E-state index in [9.17, 15) is 0 Å². The molecular formula is C14H20N2S. The van der Waals surface area contributed by atoms with Gasteiger partial charge < -0.3 is 10.6 Å². The second kappa shape index (κ2) is 4.88. The summed E-state index contributed by atoms with van der Waals surface area (Å²) >= 11 is 5.35. The van der Waals surface area contributed by atoms with Crippen molar-refractivity contribution in [2.24, 2.45) is 0 Å². The van der Waals surface area contributed by atoms with E-state index in [1.165, 1.54) is 0 Å². The van der Waals surface area contributed by atoms with Gasteiger partial charge in [-0.15, -0.1) is 0 Å². The second-order valence-electron chi connectivity index (χ2n) is 4.79. The van der Waals surface area contributed by atoms with Gasteiger partial charge in [-0.3, -0.25) is 0 Å². The first kappa shape index (κ1) is 13.7. The average molecular weight is 248 g/mol. The minimum absolute atomic E-state index is 0.206. The predicted octanol–water partition coefficient (Wildman–Crippen LogP) is 3.78. The highest BCUT2D eigenvalue weighted by atomic mass is 32.1. The Hall–Kier alpha value is -1.35. The lowest BCUT2D eigenvalue weighted by atomic mass is 9.93. The van der Waals surface area contributed by atoms with Crippen LogP contribution in [0.5, 0.6) is 0 Å². The number of anilines is 2. The van der Waals surface area contributed by atoms with Gasteiger partial charge >= 0.3 is 0 Å². The van der Waals surface area contributed by atoms with Crippen LogP contribution < -0.4 is 10.6 Å². The standard InChI is InChI=1S/C14H20N2S/c1-10(2)14(4,5)16(11(3)17)13-8-6-12(15)7-9-13/h6-9H,1,15H2,2-5H3. The van der Waals surface area contributed by atoms with Crippen LogP contribution in [0.4, 0.5) is 11.4 Å². The fourth-order valence-corrected chi connectivity index (χ4v) is 2.05. The Labute approximate surface area is 109 Å². The first-order valence-corrected chi connectivity index (χ1v) is 6.00. The molecule has 92 valence electrons. The van der Waals surface area contributed by atoms with Crippen molar-refractivity contribution in [2.45, 2.75) is 33.2 Å². The number of thiocarbonyl (C=S) groups is 1. The molecule has 0 saturated carbocycles. The number of nitrogens with two attached hydrogens (primary N) is 1. The third-order valence-corrected chi connectivity index (χ3v) is 3.25. The molecule has 0 radical (unpaired) electrons. The maximum atomic E-state index is 5.70. The maximum Gasteiger partial charge on any atom is 0.0799 e. The van der Waals surface area contributed by atoms with Gasteiger partial charge in [0.25, 0.3) is 0 Å². The van der Waals surface area contributed by atoms with E-state index in [-0.39, 0.29) is 5.54 Å². The molecule has 0 saturated heterocycles. The maximum absolute atomic E-state index is 5.70. The fraction of sp³-hybridized carbons (Fsp3) is 0.357. The zero-order valence-electron chi connectivity index (χ0n) is 10.9. The van der Waals surface area contributed by atoms with Gasteiger partial charge in [0.2, 0.25) is 0 Å². The highest BCUT2D eigenvalue weighted by Crippen LogP contribution is 2.30. The van der Waals surface area contributed by atoms with Gasteiger partial charge in [0, 0.05) is 11.4 Å². The van der Waals surface area contributed by atoms with E-state index in [1.807, 2.05) is 38.1 Å². The first-order valence-electron chi connectivity index (χ1n) is 5.59. The van der Waals surface area contributed by atoms with Crippen LogP contribution in [0, 0.1) is 0 Å². The monoisotopic (exact) mass is 248 g/mol. The van der Waals surface area contributed by atoms with Crippen molar-refractivity contribution in [3.8, 4) is 0 Å². The van der Waals surface area contributed by atoms with Crippen LogP contribution in [-0.2, 0) is 0 Å². The summed E-state index contributed by atoms with van der Waals surface area (Å²) in [7, 11) is 0. The Morgan fingerprint density at radius 2 is 1.71 bits per heavy atom. The molecule has 1 rings (SSSR count). The Morgan fingerprint density at radius 1 is 1.24 bits per heavy atom. The Balaban J connectivity index is 3.23. The van der Waals surface area contributed by atoms with Crippen molar-refractivity contribution >= 4 is 28.6 Å². The number of rotatable bonds is 3. The van der Waals surface area contributed by atoms with E-state index in [0.29, 0.717) is 0 Å². The van der Waals surface area contributed by atoms with E-state index >= 15 is 0 Å². The molecule has 3 heteroatoms. The largest absolute Gasteiger partial charge is 0.399 e. The minimum Gasteiger partial charge on any atom is -0.399 e. The molecule has 0 spiro atoms. The molecule has 0 bridgehead atoms. The topological polar surface area (TPSA) is 29.3 Å². The predicted molar refractivity (Wildman–Crippen MR) is 80.5 cm³/mol. The molecule has 0 atom stereocenters. The lowest BCUT2D eigenvalue weighted by Crippen LogP contribution is -2.47. The quantitative estimate of drug-likeness (QED) is 0.501. The van der Waals surface area contributed by atoms with Gasteiger partial charge in [-0.25, -0.2) is 0 Å². The molecule has 0 unspecified atom stereocenters. The van der Waals surface area contributed by atoms with Crippen LogP contribution in [0.1, 0.15) is 27.7 Å². The molecular weight excluding hydrogens is 228 g/mol. The highest BCUT2D eigenvalue weighted by molar-refractivity contribution is 7.80. The van der Waals surface area contributed by atoms with Crippen molar-refractivity contribution < 1.29 is 0 Å². The van der Waals surface area contributed by atoms with Gasteiger partial charge in [-0.1, -0.05) is 24.4 Å². The van der Waals surface area contributed by atoms with Crippen molar-refractivity contribution in [3.63, 3.8) is 0 Å². The van der Waals surface area contributed by atoms with E-state index in [2.05, 4.69) is 25.3 Å².